The maximum Gasteiger partial charge on any atom is 0.237 e. The number of carbonyl (C=O) groups excluding carboxylic acids is 2. The molecule has 146 valence electrons. The van der Waals surface area contributed by atoms with E-state index in [9.17, 15) is 9.59 Å². The van der Waals surface area contributed by atoms with Crippen molar-refractivity contribution < 1.29 is 9.59 Å². The predicted molar refractivity (Wildman–Crippen MR) is 116 cm³/mol. The van der Waals surface area contributed by atoms with Crippen molar-refractivity contribution in [3.8, 4) is 0 Å². The van der Waals surface area contributed by atoms with Crippen LogP contribution in [0.2, 0.25) is 0 Å². The van der Waals surface area contributed by atoms with Crippen molar-refractivity contribution in [2.75, 3.05) is 10.6 Å². The number of fused-ring (bicyclic) bond motifs is 1. The number of thioether (sulfide) groups is 1. The molecule has 2 N–H and O–H groups in total. The fourth-order valence-corrected chi connectivity index (χ4v) is 4.66. The van der Waals surface area contributed by atoms with Crippen molar-refractivity contribution in [1.29, 1.82) is 0 Å². The van der Waals surface area contributed by atoms with Crippen LogP contribution in [0, 0.1) is 0 Å². The van der Waals surface area contributed by atoms with Crippen molar-refractivity contribution in [2.45, 2.75) is 43.9 Å². The SMILES string of the molecule is CCc1cc2c(SC(CC)C(=O)Nc3ccc(NC(C)=O)cc3)ncnc2s1. The van der Waals surface area contributed by atoms with Crippen LogP contribution in [0.5, 0.6) is 0 Å². The zero-order valence-corrected chi connectivity index (χ0v) is 17.6. The highest BCUT2D eigenvalue weighted by atomic mass is 32.2. The minimum Gasteiger partial charge on any atom is -0.326 e. The van der Waals surface area contributed by atoms with E-state index in [2.05, 4.69) is 33.6 Å². The number of carbonyl (C=O) groups is 2. The fourth-order valence-electron chi connectivity index (χ4n) is 2.67. The van der Waals surface area contributed by atoms with Crippen molar-refractivity contribution in [3.63, 3.8) is 0 Å². The lowest BCUT2D eigenvalue weighted by Crippen LogP contribution is -2.24. The highest BCUT2D eigenvalue weighted by molar-refractivity contribution is 8.00. The van der Waals surface area contributed by atoms with E-state index >= 15 is 0 Å². The van der Waals surface area contributed by atoms with Gasteiger partial charge in [0.1, 0.15) is 16.2 Å². The van der Waals surface area contributed by atoms with Crippen LogP contribution in [-0.4, -0.2) is 27.0 Å². The number of nitrogens with one attached hydrogen (secondary N) is 2. The number of thiophene rings is 1. The van der Waals surface area contributed by atoms with Crippen LogP contribution >= 0.6 is 23.1 Å². The van der Waals surface area contributed by atoms with Crippen LogP contribution in [0.25, 0.3) is 10.2 Å². The molecule has 6 nitrogen and oxygen atoms in total. The summed E-state index contributed by atoms with van der Waals surface area (Å²) in [7, 11) is 0. The summed E-state index contributed by atoms with van der Waals surface area (Å²) >= 11 is 3.14. The molecule has 0 saturated carbocycles. The first kappa shape index (κ1) is 20.3. The molecule has 2 amide bonds. The minimum atomic E-state index is -0.266. The Morgan fingerprint density at radius 2 is 1.79 bits per heavy atom. The Kier molecular flexibility index (Phi) is 6.64. The number of amides is 2. The lowest BCUT2D eigenvalue weighted by atomic mass is 10.2. The molecule has 1 aromatic carbocycles. The van der Waals surface area contributed by atoms with Crippen molar-refractivity contribution >= 4 is 56.5 Å². The molecule has 0 aliphatic rings. The third-order valence-electron chi connectivity index (χ3n) is 4.08. The van der Waals surface area contributed by atoms with Crippen LogP contribution in [0.3, 0.4) is 0 Å². The standard InChI is InChI=1S/C20H22N4O2S2/c1-4-15-10-16-19(27-15)21-11-22-20(16)28-17(5-2)18(26)24-14-8-6-13(7-9-14)23-12(3)25/h6-11,17H,4-5H2,1-3H3,(H,23,25)(H,24,26). The third-order valence-corrected chi connectivity index (χ3v) is 6.65. The number of nitrogens with zero attached hydrogens (tertiary/aromatic N) is 2. The molecule has 3 aromatic rings. The second kappa shape index (κ2) is 9.16. The molecular weight excluding hydrogens is 392 g/mol. The monoisotopic (exact) mass is 414 g/mol. The summed E-state index contributed by atoms with van der Waals surface area (Å²) in [5.74, 6) is -0.201. The lowest BCUT2D eigenvalue weighted by Gasteiger charge is -2.15. The summed E-state index contributed by atoms with van der Waals surface area (Å²) < 4.78 is 0. The van der Waals surface area contributed by atoms with E-state index in [-0.39, 0.29) is 17.1 Å². The maximum absolute atomic E-state index is 12.8. The Labute approximate surface area is 172 Å². The molecule has 0 bridgehead atoms. The molecule has 8 heteroatoms. The van der Waals surface area contributed by atoms with Crippen LogP contribution in [-0.2, 0) is 16.0 Å². The van der Waals surface area contributed by atoms with Crippen molar-refractivity contribution in [1.82, 2.24) is 9.97 Å². The molecule has 1 atom stereocenters. The van der Waals surface area contributed by atoms with Gasteiger partial charge < -0.3 is 10.6 Å². The van der Waals surface area contributed by atoms with Gasteiger partial charge in [-0.25, -0.2) is 9.97 Å². The molecule has 0 radical (unpaired) electrons. The van der Waals surface area contributed by atoms with E-state index in [0.29, 0.717) is 17.8 Å². The molecule has 28 heavy (non-hydrogen) atoms. The molecule has 0 spiro atoms. The van der Waals surface area contributed by atoms with Crippen LogP contribution in [0.4, 0.5) is 11.4 Å². The first-order valence-corrected chi connectivity index (χ1v) is 10.8. The molecule has 1 unspecified atom stereocenters. The van der Waals surface area contributed by atoms with Gasteiger partial charge in [0.05, 0.1) is 5.25 Å². The van der Waals surface area contributed by atoms with Crippen LogP contribution < -0.4 is 10.6 Å². The molecule has 0 saturated heterocycles. The van der Waals surface area contributed by atoms with E-state index in [1.54, 1.807) is 41.9 Å². The van der Waals surface area contributed by atoms with Crippen molar-refractivity contribution in [3.05, 3.63) is 41.5 Å². The Morgan fingerprint density at radius 1 is 1.11 bits per heavy atom. The molecule has 0 fully saturated rings. The fraction of sp³-hybridized carbons (Fsp3) is 0.300. The Morgan fingerprint density at radius 3 is 2.39 bits per heavy atom. The molecular formula is C20H22N4O2S2. The number of hydrogen-bond donors (Lipinski definition) is 2. The van der Waals surface area contributed by atoms with E-state index < -0.39 is 0 Å². The quantitative estimate of drug-likeness (QED) is 0.432. The summed E-state index contributed by atoms with van der Waals surface area (Å²) in [6.07, 6.45) is 3.19. The van der Waals surface area contributed by atoms with E-state index in [1.165, 1.54) is 23.6 Å². The summed E-state index contributed by atoms with van der Waals surface area (Å²) in [5, 5.41) is 7.24. The van der Waals surface area contributed by atoms with E-state index in [1.807, 2.05) is 6.92 Å². The number of rotatable bonds is 7. The Balaban J connectivity index is 1.72. The van der Waals surface area contributed by atoms with Gasteiger partial charge in [-0.2, -0.15) is 0 Å². The normalized spacial score (nSPS) is 12.0. The van der Waals surface area contributed by atoms with E-state index in [0.717, 1.165) is 21.7 Å². The first-order chi connectivity index (χ1) is 13.5. The first-order valence-electron chi connectivity index (χ1n) is 9.08. The molecule has 3 rings (SSSR count). The largest absolute Gasteiger partial charge is 0.326 e. The van der Waals surface area contributed by atoms with Gasteiger partial charge in [-0.15, -0.1) is 11.3 Å². The van der Waals surface area contributed by atoms with Gasteiger partial charge in [0.25, 0.3) is 0 Å². The van der Waals surface area contributed by atoms with Crippen molar-refractivity contribution in [2.24, 2.45) is 0 Å². The maximum atomic E-state index is 12.8. The zero-order valence-electron chi connectivity index (χ0n) is 16.0. The third kappa shape index (κ3) is 4.88. The molecule has 2 heterocycles. The number of aryl methyl sites for hydroxylation is 1. The van der Waals surface area contributed by atoms with Crippen LogP contribution in [0.1, 0.15) is 32.1 Å². The minimum absolute atomic E-state index is 0.0718. The van der Waals surface area contributed by atoms with Crippen LogP contribution in [0.15, 0.2) is 41.7 Å². The molecule has 0 aliphatic heterocycles. The van der Waals surface area contributed by atoms with E-state index in [4.69, 9.17) is 0 Å². The molecule has 0 aliphatic carbocycles. The average molecular weight is 415 g/mol. The van der Waals surface area contributed by atoms with Gasteiger partial charge in [0.2, 0.25) is 11.8 Å². The highest BCUT2D eigenvalue weighted by Crippen LogP contribution is 2.34. The Bertz CT molecular complexity index is 986. The summed E-state index contributed by atoms with van der Waals surface area (Å²) in [5.41, 5.74) is 1.38. The second-order valence-corrected chi connectivity index (χ2v) is 8.53. The number of benzene rings is 1. The zero-order chi connectivity index (χ0) is 20.1. The van der Waals surface area contributed by atoms with Gasteiger partial charge >= 0.3 is 0 Å². The van der Waals surface area contributed by atoms with Gasteiger partial charge in [0, 0.05) is 28.6 Å². The smallest absolute Gasteiger partial charge is 0.237 e. The second-order valence-electron chi connectivity index (χ2n) is 6.23. The van der Waals surface area contributed by atoms with Gasteiger partial charge in [-0.1, -0.05) is 25.6 Å². The Hall–Kier alpha value is -2.45. The topological polar surface area (TPSA) is 84.0 Å². The summed E-state index contributed by atoms with van der Waals surface area (Å²) in [6, 6.07) is 9.19. The average Bonchev–Trinajstić information content (AvgIpc) is 3.11. The number of aromatic nitrogens is 2. The van der Waals surface area contributed by atoms with Gasteiger partial charge in [0.15, 0.2) is 0 Å². The summed E-state index contributed by atoms with van der Waals surface area (Å²) in [4.78, 5) is 34.8. The molecule has 2 aromatic heterocycles. The highest BCUT2D eigenvalue weighted by Gasteiger charge is 2.21. The number of anilines is 2. The summed E-state index contributed by atoms with van der Waals surface area (Å²) in [6.45, 7) is 5.56. The predicted octanol–water partition coefficient (Wildman–Crippen LogP) is 4.72. The lowest BCUT2D eigenvalue weighted by molar-refractivity contribution is -0.116. The number of hydrogen-bond acceptors (Lipinski definition) is 6. The van der Waals surface area contributed by atoms with Gasteiger partial charge in [-0.3, -0.25) is 9.59 Å². The van der Waals surface area contributed by atoms with Gasteiger partial charge in [-0.05, 0) is 43.2 Å².